The largest absolute Gasteiger partial charge is 0.494 e. The van der Waals surface area contributed by atoms with Crippen molar-refractivity contribution < 1.29 is 9.53 Å². The van der Waals surface area contributed by atoms with Crippen LogP contribution in [0.2, 0.25) is 0 Å². The fourth-order valence-corrected chi connectivity index (χ4v) is 3.36. The van der Waals surface area contributed by atoms with Crippen molar-refractivity contribution in [1.82, 2.24) is 0 Å². The summed E-state index contributed by atoms with van der Waals surface area (Å²) in [6.07, 6.45) is 0.908. The van der Waals surface area contributed by atoms with Crippen LogP contribution >= 0.6 is 11.6 Å². The number of hydrogen-bond donors (Lipinski definition) is 0. The number of halogens is 1. The van der Waals surface area contributed by atoms with Crippen LogP contribution < -0.4 is 9.64 Å². The molecule has 1 heterocycles. The average molecular weight is 310 g/mol. The van der Waals surface area contributed by atoms with Gasteiger partial charge in [-0.1, -0.05) is 6.92 Å². The normalized spacial score (nSPS) is 21.6. The smallest absolute Gasteiger partial charge is 0.245 e. The van der Waals surface area contributed by atoms with Gasteiger partial charge in [-0.2, -0.15) is 0 Å². The van der Waals surface area contributed by atoms with Crippen LogP contribution in [0.15, 0.2) is 18.2 Å². The van der Waals surface area contributed by atoms with Crippen molar-refractivity contribution >= 4 is 23.2 Å². The lowest BCUT2D eigenvalue weighted by atomic mass is 9.80. The van der Waals surface area contributed by atoms with E-state index in [9.17, 15) is 4.79 Å². The lowest BCUT2D eigenvalue weighted by Gasteiger charge is -2.46. The predicted octanol–water partition coefficient (Wildman–Crippen LogP) is 4.33. The molecule has 0 spiro atoms. The number of amides is 1. The standard InChI is InChI=1S/C17H24ClNO2/c1-6-21-13-7-8-15-14(9-13)11(2)10-17(4,5)19(15)16(20)12(3)18/h7-9,11-12H,6,10H2,1-5H3. The molecule has 4 heteroatoms. The second-order valence-corrected chi connectivity index (χ2v) is 7.02. The monoisotopic (exact) mass is 309 g/mol. The highest BCUT2D eigenvalue weighted by Gasteiger charge is 2.41. The van der Waals surface area contributed by atoms with Crippen molar-refractivity contribution in [2.75, 3.05) is 11.5 Å². The second kappa shape index (κ2) is 5.88. The van der Waals surface area contributed by atoms with E-state index in [4.69, 9.17) is 16.3 Å². The third kappa shape index (κ3) is 3.03. The first kappa shape index (κ1) is 16.2. The van der Waals surface area contributed by atoms with E-state index in [0.29, 0.717) is 12.5 Å². The first-order valence-electron chi connectivity index (χ1n) is 7.52. The Labute approximate surface area is 132 Å². The predicted molar refractivity (Wildman–Crippen MR) is 87.5 cm³/mol. The first-order chi connectivity index (χ1) is 9.77. The summed E-state index contributed by atoms with van der Waals surface area (Å²) in [4.78, 5) is 14.4. The number of ether oxygens (including phenoxy) is 1. The van der Waals surface area contributed by atoms with Crippen molar-refractivity contribution in [3.63, 3.8) is 0 Å². The summed E-state index contributed by atoms with van der Waals surface area (Å²) in [6, 6.07) is 5.96. The van der Waals surface area contributed by atoms with Gasteiger partial charge in [-0.25, -0.2) is 0 Å². The van der Waals surface area contributed by atoms with Crippen LogP contribution in [-0.2, 0) is 4.79 Å². The maximum Gasteiger partial charge on any atom is 0.245 e. The average Bonchev–Trinajstić information content (AvgIpc) is 2.38. The van der Waals surface area contributed by atoms with Gasteiger partial charge in [0.1, 0.15) is 11.1 Å². The molecule has 1 aliphatic rings. The Hall–Kier alpha value is -1.22. The minimum Gasteiger partial charge on any atom is -0.494 e. The van der Waals surface area contributed by atoms with Gasteiger partial charge >= 0.3 is 0 Å². The molecule has 2 rings (SSSR count). The molecule has 2 unspecified atom stereocenters. The van der Waals surface area contributed by atoms with Crippen LogP contribution in [0.5, 0.6) is 5.75 Å². The molecule has 0 saturated carbocycles. The third-order valence-electron chi connectivity index (χ3n) is 4.05. The van der Waals surface area contributed by atoms with Gasteiger partial charge in [0.15, 0.2) is 0 Å². The number of carbonyl (C=O) groups is 1. The van der Waals surface area contributed by atoms with Gasteiger partial charge in [0.2, 0.25) is 5.91 Å². The Bertz CT molecular complexity index is 540. The minimum absolute atomic E-state index is 0.0426. The molecule has 0 radical (unpaired) electrons. The number of anilines is 1. The van der Waals surface area contributed by atoms with Gasteiger partial charge in [0.25, 0.3) is 0 Å². The van der Waals surface area contributed by atoms with Gasteiger partial charge in [-0.05, 0) is 63.8 Å². The molecule has 1 aromatic carbocycles. The zero-order valence-electron chi connectivity index (χ0n) is 13.4. The van der Waals surface area contributed by atoms with E-state index < -0.39 is 5.38 Å². The molecule has 0 bridgehead atoms. The maximum absolute atomic E-state index is 12.6. The Morgan fingerprint density at radius 1 is 1.52 bits per heavy atom. The van der Waals surface area contributed by atoms with Crippen LogP contribution in [0.3, 0.4) is 0 Å². The zero-order valence-corrected chi connectivity index (χ0v) is 14.2. The zero-order chi connectivity index (χ0) is 15.8. The molecule has 0 saturated heterocycles. The number of fused-ring (bicyclic) bond motifs is 1. The molecule has 3 nitrogen and oxygen atoms in total. The lowest BCUT2D eigenvalue weighted by molar-refractivity contribution is -0.119. The summed E-state index contributed by atoms with van der Waals surface area (Å²) in [7, 11) is 0. The molecule has 0 N–H and O–H groups in total. The van der Waals surface area contributed by atoms with Crippen molar-refractivity contribution in [1.29, 1.82) is 0 Å². The molecule has 0 aliphatic carbocycles. The van der Waals surface area contributed by atoms with Crippen LogP contribution in [0.1, 0.15) is 52.5 Å². The molecular weight excluding hydrogens is 286 g/mol. The van der Waals surface area contributed by atoms with Crippen LogP contribution in [0.25, 0.3) is 0 Å². The Balaban J connectivity index is 2.52. The lowest BCUT2D eigenvalue weighted by Crippen LogP contribution is -2.53. The number of nitrogens with zero attached hydrogens (tertiary/aromatic N) is 1. The Kier molecular flexibility index (Phi) is 4.52. The molecule has 1 aromatic rings. The first-order valence-corrected chi connectivity index (χ1v) is 7.96. The van der Waals surface area contributed by atoms with E-state index in [-0.39, 0.29) is 11.4 Å². The quantitative estimate of drug-likeness (QED) is 0.778. The highest BCUT2D eigenvalue weighted by atomic mass is 35.5. The number of alkyl halides is 1. The highest BCUT2D eigenvalue weighted by Crippen LogP contribution is 2.45. The number of benzene rings is 1. The van der Waals surface area contributed by atoms with Gasteiger partial charge in [0, 0.05) is 11.2 Å². The van der Waals surface area contributed by atoms with E-state index >= 15 is 0 Å². The Morgan fingerprint density at radius 2 is 2.19 bits per heavy atom. The fraction of sp³-hybridized carbons (Fsp3) is 0.588. The van der Waals surface area contributed by atoms with Crippen LogP contribution in [0.4, 0.5) is 5.69 Å². The molecule has 1 amide bonds. The van der Waals surface area contributed by atoms with E-state index in [1.54, 1.807) is 6.92 Å². The van der Waals surface area contributed by atoms with Gasteiger partial charge in [-0.3, -0.25) is 4.79 Å². The topological polar surface area (TPSA) is 29.5 Å². The van der Waals surface area contributed by atoms with Gasteiger partial charge < -0.3 is 9.64 Å². The molecule has 116 valence electrons. The molecule has 0 fully saturated rings. The molecule has 2 atom stereocenters. The van der Waals surface area contributed by atoms with E-state index in [1.807, 2.05) is 24.0 Å². The van der Waals surface area contributed by atoms with Crippen LogP contribution in [0, 0.1) is 0 Å². The van der Waals surface area contributed by atoms with Crippen molar-refractivity contribution in [2.45, 2.75) is 57.9 Å². The second-order valence-electron chi connectivity index (χ2n) is 6.36. The third-order valence-corrected chi connectivity index (χ3v) is 4.24. The summed E-state index contributed by atoms with van der Waals surface area (Å²) in [5.74, 6) is 1.19. The maximum atomic E-state index is 12.6. The van der Waals surface area contributed by atoms with Crippen molar-refractivity contribution in [3.05, 3.63) is 23.8 Å². The minimum atomic E-state index is -0.530. The number of carbonyl (C=O) groups excluding carboxylic acids is 1. The van der Waals surface area contributed by atoms with Crippen LogP contribution in [-0.4, -0.2) is 23.4 Å². The number of rotatable bonds is 3. The molecule has 1 aliphatic heterocycles. The summed E-state index contributed by atoms with van der Waals surface area (Å²) in [5, 5.41) is -0.530. The van der Waals surface area contributed by atoms with E-state index in [0.717, 1.165) is 23.4 Å². The molecule has 0 aromatic heterocycles. The van der Waals surface area contributed by atoms with Gasteiger partial charge in [0.05, 0.1) is 6.61 Å². The SMILES string of the molecule is CCOc1ccc2c(c1)C(C)CC(C)(C)N2C(=O)C(C)Cl. The highest BCUT2D eigenvalue weighted by molar-refractivity contribution is 6.32. The van der Waals surface area contributed by atoms with Gasteiger partial charge in [-0.15, -0.1) is 11.6 Å². The fourth-order valence-electron chi connectivity index (χ4n) is 3.26. The molecular formula is C17H24ClNO2. The van der Waals surface area contributed by atoms with E-state index in [2.05, 4.69) is 26.8 Å². The number of hydrogen-bond acceptors (Lipinski definition) is 2. The molecule has 21 heavy (non-hydrogen) atoms. The van der Waals surface area contributed by atoms with Crippen molar-refractivity contribution in [3.8, 4) is 5.75 Å². The summed E-state index contributed by atoms with van der Waals surface area (Å²) in [6.45, 7) is 10.7. The summed E-state index contributed by atoms with van der Waals surface area (Å²) in [5.41, 5.74) is 1.88. The van der Waals surface area contributed by atoms with E-state index in [1.165, 1.54) is 0 Å². The summed E-state index contributed by atoms with van der Waals surface area (Å²) < 4.78 is 5.59. The summed E-state index contributed by atoms with van der Waals surface area (Å²) >= 11 is 6.06. The Morgan fingerprint density at radius 3 is 2.76 bits per heavy atom. The van der Waals surface area contributed by atoms with Crippen molar-refractivity contribution in [2.24, 2.45) is 0 Å².